The van der Waals surface area contributed by atoms with Gasteiger partial charge < -0.3 is 9.88 Å². The minimum Gasteiger partial charge on any atom is -0.325 e. The average Bonchev–Trinajstić information content (AvgIpc) is 3.19. The average molecular weight is 316 g/mol. The number of anilines is 1. The molecule has 1 fully saturated rings. The summed E-state index contributed by atoms with van der Waals surface area (Å²) in [5.74, 6) is 0.337. The third-order valence-electron chi connectivity index (χ3n) is 3.75. The lowest BCUT2D eigenvalue weighted by Gasteiger charge is -2.12. The molecule has 1 aromatic carbocycles. The van der Waals surface area contributed by atoms with Gasteiger partial charge in [-0.3, -0.25) is 4.79 Å². The summed E-state index contributed by atoms with van der Waals surface area (Å²) in [5.41, 5.74) is 4.31. The molecule has 5 nitrogen and oxygen atoms in total. The lowest BCUT2D eigenvalue weighted by atomic mass is 10.1. The Morgan fingerprint density at radius 2 is 2.00 bits per heavy atom. The van der Waals surface area contributed by atoms with Crippen LogP contribution < -0.4 is 5.32 Å². The van der Waals surface area contributed by atoms with Crippen LogP contribution in [0, 0.1) is 20.8 Å². The number of nitrogens with one attached hydrogen (secondary N) is 1. The molecular weight excluding hydrogens is 296 g/mol. The van der Waals surface area contributed by atoms with E-state index in [1.807, 2.05) is 13.8 Å². The van der Waals surface area contributed by atoms with Crippen LogP contribution in [-0.4, -0.2) is 26.4 Å². The van der Waals surface area contributed by atoms with Crippen LogP contribution in [0.2, 0.25) is 0 Å². The molecule has 2 aromatic rings. The first-order valence-electron chi connectivity index (χ1n) is 7.44. The fraction of sp³-hybridized carbons (Fsp3) is 0.438. The zero-order valence-corrected chi connectivity index (χ0v) is 13.9. The molecule has 1 saturated carbocycles. The summed E-state index contributed by atoms with van der Waals surface area (Å²) in [6, 6.07) is 4.70. The molecule has 0 atom stereocenters. The Bertz CT molecular complexity index is 683. The molecule has 0 bridgehead atoms. The van der Waals surface area contributed by atoms with Crippen molar-refractivity contribution in [3.8, 4) is 0 Å². The van der Waals surface area contributed by atoms with Crippen molar-refractivity contribution in [2.24, 2.45) is 0 Å². The third-order valence-corrected chi connectivity index (χ3v) is 4.71. The van der Waals surface area contributed by atoms with E-state index in [0.717, 1.165) is 22.0 Å². The van der Waals surface area contributed by atoms with Gasteiger partial charge in [0, 0.05) is 11.7 Å². The number of nitrogens with zero attached hydrogens (tertiary/aromatic N) is 3. The highest BCUT2D eigenvalue weighted by Gasteiger charge is 2.26. The molecule has 1 N–H and O–H groups in total. The number of aromatic nitrogens is 3. The normalized spacial score (nSPS) is 14.1. The van der Waals surface area contributed by atoms with Crippen molar-refractivity contribution in [2.45, 2.75) is 44.8 Å². The largest absolute Gasteiger partial charge is 0.325 e. The quantitative estimate of drug-likeness (QED) is 0.860. The molecule has 116 valence electrons. The second-order valence-corrected chi connectivity index (χ2v) is 6.81. The summed E-state index contributed by atoms with van der Waals surface area (Å²) >= 11 is 1.44. The minimum atomic E-state index is -0.00889. The predicted molar refractivity (Wildman–Crippen MR) is 88.3 cm³/mol. The van der Waals surface area contributed by atoms with E-state index < -0.39 is 0 Å². The molecule has 22 heavy (non-hydrogen) atoms. The van der Waals surface area contributed by atoms with Gasteiger partial charge >= 0.3 is 0 Å². The molecule has 3 rings (SSSR count). The maximum atomic E-state index is 12.2. The summed E-state index contributed by atoms with van der Waals surface area (Å²) in [4.78, 5) is 12.2. The standard InChI is InChI=1S/C16H20N4OS/c1-10-6-11(2)15(12(3)7-10)18-14(21)8-22-16-19-17-9-20(16)13-4-5-13/h6-7,9,13H,4-5,8H2,1-3H3,(H,18,21). The second-order valence-electron chi connectivity index (χ2n) is 5.86. The Labute approximate surface area is 134 Å². The van der Waals surface area contributed by atoms with Gasteiger partial charge in [0.05, 0.1) is 5.75 Å². The number of amides is 1. The zero-order chi connectivity index (χ0) is 15.7. The van der Waals surface area contributed by atoms with Crippen molar-refractivity contribution < 1.29 is 4.79 Å². The topological polar surface area (TPSA) is 59.8 Å². The van der Waals surface area contributed by atoms with Crippen LogP contribution in [0.5, 0.6) is 0 Å². The molecule has 0 unspecified atom stereocenters. The van der Waals surface area contributed by atoms with E-state index in [1.54, 1.807) is 6.33 Å². The minimum absolute atomic E-state index is 0.00889. The molecule has 6 heteroatoms. The summed E-state index contributed by atoms with van der Waals surface area (Å²) in [6.45, 7) is 6.10. The number of carbonyl (C=O) groups excluding carboxylic acids is 1. The Morgan fingerprint density at radius 1 is 1.32 bits per heavy atom. The Balaban J connectivity index is 1.62. The van der Waals surface area contributed by atoms with Crippen molar-refractivity contribution in [1.29, 1.82) is 0 Å². The van der Waals surface area contributed by atoms with Crippen LogP contribution in [0.25, 0.3) is 0 Å². The van der Waals surface area contributed by atoms with Crippen LogP contribution in [0.1, 0.15) is 35.6 Å². The number of benzene rings is 1. The van der Waals surface area contributed by atoms with Crippen LogP contribution in [0.4, 0.5) is 5.69 Å². The molecule has 0 saturated heterocycles. The van der Waals surface area contributed by atoms with Crippen molar-refractivity contribution in [3.05, 3.63) is 35.2 Å². The first-order chi connectivity index (χ1) is 10.5. The third kappa shape index (κ3) is 3.32. The highest BCUT2D eigenvalue weighted by Crippen LogP contribution is 2.37. The van der Waals surface area contributed by atoms with Gasteiger partial charge in [0.2, 0.25) is 5.91 Å². The molecular formula is C16H20N4OS. The van der Waals surface area contributed by atoms with Gasteiger partial charge in [-0.05, 0) is 44.7 Å². The van der Waals surface area contributed by atoms with Gasteiger partial charge in [-0.15, -0.1) is 10.2 Å². The number of aryl methyl sites for hydroxylation is 3. The molecule has 1 aliphatic carbocycles. The number of hydrogen-bond acceptors (Lipinski definition) is 4. The Hall–Kier alpha value is -1.82. The van der Waals surface area contributed by atoms with Crippen molar-refractivity contribution >= 4 is 23.4 Å². The van der Waals surface area contributed by atoms with E-state index in [2.05, 4.69) is 39.1 Å². The number of thioether (sulfide) groups is 1. The van der Waals surface area contributed by atoms with Crippen molar-refractivity contribution in [3.63, 3.8) is 0 Å². The van der Waals surface area contributed by atoms with Gasteiger partial charge in [-0.2, -0.15) is 0 Å². The van der Waals surface area contributed by atoms with Gasteiger partial charge in [0.15, 0.2) is 5.16 Å². The van der Waals surface area contributed by atoms with Crippen LogP contribution >= 0.6 is 11.8 Å². The summed E-state index contributed by atoms with van der Waals surface area (Å²) in [7, 11) is 0. The molecule has 0 radical (unpaired) electrons. The van der Waals surface area contributed by atoms with Crippen molar-refractivity contribution in [2.75, 3.05) is 11.1 Å². The molecule has 1 aliphatic rings. The molecule has 0 spiro atoms. The smallest absolute Gasteiger partial charge is 0.234 e. The lowest BCUT2D eigenvalue weighted by Crippen LogP contribution is -2.16. The van der Waals surface area contributed by atoms with Gasteiger partial charge in [-0.1, -0.05) is 29.5 Å². The first kappa shape index (κ1) is 15.1. The van der Waals surface area contributed by atoms with Crippen LogP contribution in [0.15, 0.2) is 23.6 Å². The zero-order valence-electron chi connectivity index (χ0n) is 13.1. The summed E-state index contributed by atoms with van der Waals surface area (Å²) < 4.78 is 2.07. The van der Waals surface area contributed by atoms with E-state index in [4.69, 9.17) is 0 Å². The predicted octanol–water partition coefficient (Wildman–Crippen LogP) is 3.27. The van der Waals surface area contributed by atoms with E-state index in [9.17, 15) is 4.79 Å². The molecule has 0 aliphatic heterocycles. The SMILES string of the molecule is Cc1cc(C)c(NC(=O)CSc2nncn2C2CC2)c(C)c1. The number of rotatable bonds is 5. The number of hydrogen-bond donors (Lipinski definition) is 1. The van der Waals surface area contributed by atoms with Crippen LogP contribution in [0.3, 0.4) is 0 Å². The van der Waals surface area contributed by atoms with Crippen molar-refractivity contribution in [1.82, 2.24) is 14.8 Å². The Morgan fingerprint density at radius 3 is 2.64 bits per heavy atom. The van der Waals surface area contributed by atoms with E-state index >= 15 is 0 Å². The first-order valence-corrected chi connectivity index (χ1v) is 8.43. The lowest BCUT2D eigenvalue weighted by molar-refractivity contribution is -0.113. The molecule has 1 amide bonds. The highest BCUT2D eigenvalue weighted by atomic mass is 32.2. The monoisotopic (exact) mass is 316 g/mol. The summed E-state index contributed by atoms with van der Waals surface area (Å²) in [6.07, 6.45) is 4.12. The molecule has 1 aromatic heterocycles. The fourth-order valence-electron chi connectivity index (χ4n) is 2.62. The van der Waals surface area contributed by atoms with Crippen LogP contribution in [-0.2, 0) is 4.79 Å². The van der Waals surface area contributed by atoms with E-state index in [0.29, 0.717) is 11.8 Å². The van der Waals surface area contributed by atoms with Gasteiger partial charge in [0.1, 0.15) is 6.33 Å². The van der Waals surface area contributed by atoms with E-state index in [1.165, 1.54) is 30.2 Å². The highest BCUT2D eigenvalue weighted by molar-refractivity contribution is 7.99. The maximum absolute atomic E-state index is 12.2. The summed E-state index contributed by atoms with van der Waals surface area (Å²) in [5, 5.41) is 11.9. The fourth-order valence-corrected chi connectivity index (χ4v) is 3.40. The second kappa shape index (κ2) is 6.12. The molecule has 1 heterocycles. The maximum Gasteiger partial charge on any atom is 0.234 e. The number of carbonyl (C=O) groups is 1. The van der Waals surface area contributed by atoms with Gasteiger partial charge in [-0.25, -0.2) is 0 Å². The van der Waals surface area contributed by atoms with Gasteiger partial charge in [0.25, 0.3) is 0 Å². The van der Waals surface area contributed by atoms with E-state index in [-0.39, 0.29) is 5.91 Å². The Kier molecular flexibility index (Phi) is 4.20.